The van der Waals surface area contributed by atoms with Crippen molar-refractivity contribution in [2.75, 3.05) is 6.61 Å². The molecule has 1 aliphatic carbocycles. The third-order valence-electron chi connectivity index (χ3n) is 4.03. The lowest BCUT2D eigenvalue weighted by Gasteiger charge is -2.26. The molecule has 0 bridgehead atoms. The van der Waals surface area contributed by atoms with E-state index in [9.17, 15) is 9.59 Å². The zero-order valence-corrected chi connectivity index (χ0v) is 15.1. The van der Waals surface area contributed by atoms with E-state index in [0.29, 0.717) is 10.4 Å². The number of esters is 1. The molecule has 0 saturated carbocycles. The maximum Gasteiger partial charge on any atom is 0.331 e. The number of ether oxygens (including phenoxy) is 1. The van der Waals surface area contributed by atoms with Crippen molar-refractivity contribution in [1.82, 2.24) is 5.32 Å². The van der Waals surface area contributed by atoms with E-state index in [1.807, 2.05) is 18.2 Å². The van der Waals surface area contributed by atoms with Crippen LogP contribution in [0.4, 0.5) is 0 Å². The Morgan fingerprint density at radius 1 is 1.28 bits per heavy atom. The molecule has 6 heteroatoms. The molecule has 130 valence electrons. The smallest absolute Gasteiger partial charge is 0.331 e. The van der Waals surface area contributed by atoms with Crippen LogP contribution in [0.15, 0.2) is 51.6 Å². The summed E-state index contributed by atoms with van der Waals surface area (Å²) in [5, 5.41) is 2.94. The predicted molar refractivity (Wildman–Crippen MR) is 96.7 cm³/mol. The molecule has 1 aromatic heterocycles. The number of carbonyl (C=O) groups is 2. The van der Waals surface area contributed by atoms with Crippen molar-refractivity contribution in [3.8, 4) is 0 Å². The highest BCUT2D eigenvalue weighted by Crippen LogP contribution is 2.29. The van der Waals surface area contributed by atoms with Gasteiger partial charge in [-0.25, -0.2) is 4.79 Å². The maximum atomic E-state index is 12.1. The molecule has 0 fully saturated rings. The zero-order chi connectivity index (χ0) is 17.6. The summed E-state index contributed by atoms with van der Waals surface area (Å²) in [4.78, 5) is 23.7. The van der Waals surface area contributed by atoms with Crippen LogP contribution in [0.1, 0.15) is 35.8 Å². The van der Waals surface area contributed by atoms with E-state index in [1.54, 1.807) is 12.1 Å². The van der Waals surface area contributed by atoms with Gasteiger partial charge in [-0.2, -0.15) is 0 Å². The number of hydrogen-bond acceptors (Lipinski definition) is 4. The number of fused-ring (bicyclic) bond motifs is 1. The number of rotatable bonds is 5. The zero-order valence-electron chi connectivity index (χ0n) is 13.5. The molecule has 0 saturated heterocycles. The number of benzene rings is 1. The van der Waals surface area contributed by atoms with Crippen LogP contribution in [0.25, 0.3) is 6.08 Å². The van der Waals surface area contributed by atoms with Crippen LogP contribution < -0.4 is 5.32 Å². The highest BCUT2D eigenvalue weighted by Gasteiger charge is 2.21. The van der Waals surface area contributed by atoms with Gasteiger partial charge in [-0.3, -0.25) is 4.79 Å². The first-order valence-corrected chi connectivity index (χ1v) is 8.88. The van der Waals surface area contributed by atoms with Crippen molar-refractivity contribution >= 4 is 33.9 Å². The van der Waals surface area contributed by atoms with Gasteiger partial charge in [-0.05, 0) is 64.5 Å². The lowest BCUT2D eigenvalue weighted by Crippen LogP contribution is -2.34. The Morgan fingerprint density at radius 2 is 2.12 bits per heavy atom. The van der Waals surface area contributed by atoms with Crippen LogP contribution in [-0.4, -0.2) is 18.5 Å². The van der Waals surface area contributed by atoms with Crippen molar-refractivity contribution in [2.24, 2.45) is 0 Å². The Labute approximate surface area is 154 Å². The van der Waals surface area contributed by atoms with Crippen LogP contribution in [0, 0.1) is 0 Å². The van der Waals surface area contributed by atoms with Crippen molar-refractivity contribution in [3.63, 3.8) is 0 Å². The fourth-order valence-corrected chi connectivity index (χ4v) is 3.21. The number of hydrogen-bond donors (Lipinski definition) is 1. The molecule has 1 unspecified atom stereocenters. The third-order valence-corrected chi connectivity index (χ3v) is 4.45. The van der Waals surface area contributed by atoms with Crippen molar-refractivity contribution in [3.05, 3.63) is 64.0 Å². The summed E-state index contributed by atoms with van der Waals surface area (Å²) in [7, 11) is 0. The summed E-state index contributed by atoms with van der Waals surface area (Å²) in [6.07, 6.45) is 5.68. The molecule has 0 spiro atoms. The number of aryl methyl sites for hydroxylation is 1. The number of nitrogens with one attached hydrogen (secondary N) is 1. The largest absolute Gasteiger partial charge is 0.452 e. The molecule has 2 aromatic rings. The molecule has 1 aliphatic rings. The van der Waals surface area contributed by atoms with E-state index in [0.717, 1.165) is 24.8 Å². The van der Waals surface area contributed by atoms with Crippen LogP contribution >= 0.6 is 15.9 Å². The molecule has 1 atom stereocenters. The molecule has 3 rings (SSSR count). The Morgan fingerprint density at radius 3 is 2.92 bits per heavy atom. The fraction of sp³-hybridized carbons (Fsp3) is 0.263. The second-order valence-corrected chi connectivity index (χ2v) is 6.58. The first-order chi connectivity index (χ1) is 12.1. The summed E-state index contributed by atoms with van der Waals surface area (Å²) in [5.74, 6) is -0.372. The van der Waals surface area contributed by atoms with Gasteiger partial charge in [0, 0.05) is 6.08 Å². The monoisotopic (exact) mass is 403 g/mol. The molecular weight excluding hydrogens is 386 g/mol. The first-order valence-electron chi connectivity index (χ1n) is 8.09. The second kappa shape index (κ2) is 8.16. The molecule has 1 heterocycles. The normalized spacial score (nSPS) is 16.4. The number of amides is 1. The molecule has 1 amide bonds. The van der Waals surface area contributed by atoms with Crippen LogP contribution in [-0.2, 0) is 20.7 Å². The van der Waals surface area contributed by atoms with E-state index in [1.165, 1.54) is 17.7 Å². The van der Waals surface area contributed by atoms with E-state index >= 15 is 0 Å². The maximum absolute atomic E-state index is 12.1. The average molecular weight is 404 g/mol. The second-order valence-electron chi connectivity index (χ2n) is 5.79. The Kier molecular flexibility index (Phi) is 5.71. The van der Waals surface area contributed by atoms with Gasteiger partial charge in [-0.15, -0.1) is 0 Å². The molecular formula is C19H18BrNO4. The van der Waals surface area contributed by atoms with Gasteiger partial charge in [0.2, 0.25) is 0 Å². The van der Waals surface area contributed by atoms with Crippen LogP contribution in [0.2, 0.25) is 0 Å². The minimum atomic E-state index is -0.591. The van der Waals surface area contributed by atoms with E-state index in [2.05, 4.69) is 27.3 Å². The number of halogens is 1. The molecule has 25 heavy (non-hydrogen) atoms. The molecule has 1 N–H and O–H groups in total. The van der Waals surface area contributed by atoms with Gasteiger partial charge in [-0.1, -0.05) is 24.3 Å². The Bertz CT molecular complexity index is 796. The highest BCUT2D eigenvalue weighted by molar-refractivity contribution is 9.10. The van der Waals surface area contributed by atoms with Gasteiger partial charge < -0.3 is 14.5 Å². The highest BCUT2D eigenvalue weighted by atomic mass is 79.9. The Hall–Kier alpha value is -2.34. The van der Waals surface area contributed by atoms with Crippen molar-refractivity contribution in [1.29, 1.82) is 0 Å². The topological polar surface area (TPSA) is 68.5 Å². The van der Waals surface area contributed by atoms with Gasteiger partial charge in [0.1, 0.15) is 5.76 Å². The van der Waals surface area contributed by atoms with Crippen LogP contribution in [0.5, 0.6) is 0 Å². The minimum absolute atomic E-state index is 0.0211. The lowest BCUT2D eigenvalue weighted by atomic mass is 9.88. The predicted octanol–water partition coefficient (Wildman–Crippen LogP) is 3.79. The number of furan rings is 1. The van der Waals surface area contributed by atoms with Gasteiger partial charge in [0.15, 0.2) is 11.3 Å². The third kappa shape index (κ3) is 4.82. The summed E-state index contributed by atoms with van der Waals surface area (Å²) in [6.45, 7) is -0.302. The number of carbonyl (C=O) groups excluding carboxylic acids is 2. The first kappa shape index (κ1) is 17.5. The summed E-state index contributed by atoms with van der Waals surface area (Å²) < 4.78 is 10.8. The fourth-order valence-electron chi connectivity index (χ4n) is 2.89. The molecule has 0 radical (unpaired) electrons. The van der Waals surface area contributed by atoms with Crippen molar-refractivity contribution < 1.29 is 18.7 Å². The molecule has 0 aliphatic heterocycles. The SMILES string of the molecule is O=C(COC(=O)C=Cc1ccc(Br)o1)NC1CCCc2ccccc21. The van der Waals surface area contributed by atoms with Crippen molar-refractivity contribution in [2.45, 2.75) is 25.3 Å². The average Bonchev–Trinajstić information content (AvgIpc) is 3.04. The van der Waals surface area contributed by atoms with E-state index in [-0.39, 0.29) is 18.6 Å². The summed E-state index contributed by atoms with van der Waals surface area (Å²) in [6, 6.07) is 11.5. The quantitative estimate of drug-likeness (QED) is 0.608. The standard InChI is InChI=1S/C19H18BrNO4/c20-17-10-8-14(25-17)9-11-19(23)24-12-18(22)21-16-7-3-5-13-4-1-2-6-15(13)16/h1-2,4,6,8-11,16H,3,5,7,12H2,(H,21,22). The Balaban J connectivity index is 1.48. The van der Waals surface area contributed by atoms with Gasteiger partial charge in [0.25, 0.3) is 5.91 Å². The minimum Gasteiger partial charge on any atom is -0.452 e. The van der Waals surface area contributed by atoms with Gasteiger partial charge in [0.05, 0.1) is 6.04 Å². The summed E-state index contributed by atoms with van der Waals surface area (Å²) >= 11 is 3.18. The molecule has 5 nitrogen and oxygen atoms in total. The van der Waals surface area contributed by atoms with E-state index in [4.69, 9.17) is 9.15 Å². The van der Waals surface area contributed by atoms with Gasteiger partial charge >= 0.3 is 5.97 Å². The van der Waals surface area contributed by atoms with Crippen LogP contribution in [0.3, 0.4) is 0 Å². The van der Waals surface area contributed by atoms with E-state index < -0.39 is 5.97 Å². The summed E-state index contributed by atoms with van der Waals surface area (Å²) in [5.41, 5.74) is 2.42. The lowest BCUT2D eigenvalue weighted by molar-refractivity contribution is -0.144. The molecule has 1 aromatic carbocycles.